The summed E-state index contributed by atoms with van der Waals surface area (Å²) in [6.45, 7) is 6.89. The monoisotopic (exact) mass is 401 g/mol. The van der Waals surface area contributed by atoms with Crippen molar-refractivity contribution < 1.29 is 14.3 Å². The van der Waals surface area contributed by atoms with E-state index in [1.165, 1.54) is 5.56 Å². The molecule has 0 saturated carbocycles. The Bertz CT molecular complexity index is 1080. The highest BCUT2D eigenvalue weighted by molar-refractivity contribution is 6.06. The largest absolute Gasteiger partial charge is 0.426 e. The van der Waals surface area contributed by atoms with Gasteiger partial charge in [0.25, 0.3) is 0 Å². The number of esters is 1. The van der Waals surface area contributed by atoms with Crippen LogP contribution in [0.1, 0.15) is 39.2 Å². The highest BCUT2D eigenvalue weighted by atomic mass is 16.5. The van der Waals surface area contributed by atoms with Gasteiger partial charge in [-0.1, -0.05) is 69.3 Å². The lowest BCUT2D eigenvalue weighted by atomic mass is 9.82. The van der Waals surface area contributed by atoms with Crippen molar-refractivity contribution in [2.45, 2.75) is 39.0 Å². The van der Waals surface area contributed by atoms with E-state index in [0.717, 1.165) is 22.9 Å². The first-order chi connectivity index (χ1) is 14.4. The predicted octanol–water partition coefficient (Wildman–Crippen LogP) is 5.49. The number of carbonyl (C=O) groups is 2. The molecule has 0 bridgehead atoms. The normalized spacial score (nSPS) is 16.8. The van der Waals surface area contributed by atoms with Gasteiger partial charge in [-0.2, -0.15) is 0 Å². The molecule has 0 aliphatic carbocycles. The second-order valence-electron chi connectivity index (χ2n) is 8.59. The molecule has 1 amide bonds. The van der Waals surface area contributed by atoms with Gasteiger partial charge in [-0.15, -0.1) is 0 Å². The van der Waals surface area contributed by atoms with Crippen LogP contribution >= 0.6 is 0 Å². The third kappa shape index (κ3) is 3.82. The fourth-order valence-electron chi connectivity index (χ4n) is 3.92. The maximum Gasteiger partial charge on any atom is 0.316 e. The van der Waals surface area contributed by atoms with Crippen molar-refractivity contribution >= 4 is 28.3 Å². The highest BCUT2D eigenvalue weighted by Crippen LogP contribution is 2.33. The van der Waals surface area contributed by atoms with Gasteiger partial charge in [-0.05, 0) is 41.0 Å². The summed E-state index contributed by atoms with van der Waals surface area (Å²) in [6.07, 6.45) is 1.20. The highest BCUT2D eigenvalue weighted by Gasteiger charge is 2.37. The molecular formula is C26H27NO3. The average molecular weight is 402 g/mol. The van der Waals surface area contributed by atoms with Gasteiger partial charge in [-0.3, -0.25) is 9.59 Å². The summed E-state index contributed by atoms with van der Waals surface area (Å²) >= 11 is 0. The molecule has 4 heteroatoms. The zero-order valence-corrected chi connectivity index (χ0v) is 17.7. The molecule has 0 unspecified atom stereocenters. The van der Waals surface area contributed by atoms with Gasteiger partial charge in [0.15, 0.2) is 0 Å². The Kier molecular flexibility index (Phi) is 5.33. The van der Waals surface area contributed by atoms with Crippen LogP contribution in [-0.4, -0.2) is 18.4 Å². The lowest BCUT2D eigenvalue weighted by molar-refractivity contribution is -0.139. The maximum absolute atomic E-state index is 12.7. The number of anilines is 1. The minimum Gasteiger partial charge on any atom is -0.426 e. The molecule has 3 aromatic carbocycles. The number of amides is 1. The van der Waals surface area contributed by atoms with E-state index < -0.39 is 5.92 Å². The molecule has 1 aliphatic rings. The molecule has 154 valence electrons. The Morgan fingerprint density at radius 3 is 2.47 bits per heavy atom. The summed E-state index contributed by atoms with van der Waals surface area (Å²) in [5, 5.41) is 2.08. The van der Waals surface area contributed by atoms with Gasteiger partial charge in [-0.25, -0.2) is 0 Å². The first-order valence-corrected chi connectivity index (χ1v) is 10.5. The predicted molar refractivity (Wildman–Crippen MR) is 120 cm³/mol. The SMILES string of the molecule is CCC(C)(C)c1ccc(OC(=O)[C@H]2CC(=O)N(c3cccc4ccccc34)C2)cc1. The smallest absolute Gasteiger partial charge is 0.316 e. The molecule has 0 aromatic heterocycles. The lowest BCUT2D eigenvalue weighted by Gasteiger charge is -2.23. The quantitative estimate of drug-likeness (QED) is 0.420. The van der Waals surface area contributed by atoms with Gasteiger partial charge in [0.1, 0.15) is 5.75 Å². The second kappa shape index (κ2) is 7.94. The van der Waals surface area contributed by atoms with Gasteiger partial charge in [0.2, 0.25) is 5.91 Å². The van der Waals surface area contributed by atoms with Crippen molar-refractivity contribution in [2.75, 3.05) is 11.4 Å². The van der Waals surface area contributed by atoms with Crippen molar-refractivity contribution in [2.24, 2.45) is 5.92 Å². The van der Waals surface area contributed by atoms with Crippen LogP contribution in [0.3, 0.4) is 0 Å². The Labute approximate surface area is 177 Å². The second-order valence-corrected chi connectivity index (χ2v) is 8.59. The fraction of sp³-hybridized carbons (Fsp3) is 0.308. The van der Waals surface area contributed by atoms with Crippen molar-refractivity contribution in [3.63, 3.8) is 0 Å². The minimum atomic E-state index is -0.469. The van der Waals surface area contributed by atoms with Crippen LogP contribution in [0.25, 0.3) is 10.8 Å². The Balaban J connectivity index is 1.48. The number of rotatable bonds is 5. The molecule has 30 heavy (non-hydrogen) atoms. The van der Waals surface area contributed by atoms with Crippen molar-refractivity contribution in [1.29, 1.82) is 0 Å². The van der Waals surface area contributed by atoms with E-state index in [1.54, 1.807) is 4.90 Å². The van der Waals surface area contributed by atoms with Crippen molar-refractivity contribution in [3.8, 4) is 5.75 Å². The van der Waals surface area contributed by atoms with E-state index in [1.807, 2.05) is 66.7 Å². The van der Waals surface area contributed by atoms with Crippen molar-refractivity contribution in [3.05, 3.63) is 72.3 Å². The first kappa shape index (κ1) is 20.1. The van der Waals surface area contributed by atoms with E-state index >= 15 is 0 Å². The number of ether oxygens (including phenoxy) is 1. The van der Waals surface area contributed by atoms with Crippen molar-refractivity contribution in [1.82, 2.24) is 0 Å². The molecule has 0 N–H and O–H groups in total. The molecule has 1 saturated heterocycles. The van der Waals surface area contributed by atoms with E-state index in [9.17, 15) is 9.59 Å². The summed E-state index contributed by atoms with van der Waals surface area (Å²) in [5.41, 5.74) is 2.14. The summed E-state index contributed by atoms with van der Waals surface area (Å²) < 4.78 is 5.60. The third-order valence-electron chi connectivity index (χ3n) is 6.25. The van der Waals surface area contributed by atoms with Gasteiger partial charge < -0.3 is 9.64 Å². The Morgan fingerprint density at radius 2 is 1.73 bits per heavy atom. The summed E-state index contributed by atoms with van der Waals surface area (Å²) in [6, 6.07) is 21.5. The van der Waals surface area contributed by atoms with Crippen LogP contribution in [0.4, 0.5) is 5.69 Å². The zero-order chi connectivity index (χ0) is 21.3. The fourth-order valence-corrected chi connectivity index (χ4v) is 3.92. The minimum absolute atomic E-state index is 0.0478. The summed E-state index contributed by atoms with van der Waals surface area (Å²) in [5.74, 6) is -0.350. The molecule has 1 aliphatic heterocycles. The number of benzene rings is 3. The molecule has 3 aromatic rings. The number of carbonyl (C=O) groups excluding carboxylic acids is 2. The number of nitrogens with zero attached hydrogens (tertiary/aromatic N) is 1. The van der Waals surface area contributed by atoms with E-state index in [0.29, 0.717) is 12.3 Å². The Morgan fingerprint density at radius 1 is 1.03 bits per heavy atom. The molecule has 1 heterocycles. The molecule has 4 rings (SSSR count). The number of fused-ring (bicyclic) bond motifs is 1. The standard InChI is InChI=1S/C26H27NO3/c1-4-26(2,3)20-12-14-21(15-13-20)30-25(29)19-16-24(28)27(17-19)23-11-7-9-18-8-5-6-10-22(18)23/h5-15,19H,4,16-17H2,1-3H3/t19-/m0/s1. The molecule has 1 fully saturated rings. The number of hydrogen-bond donors (Lipinski definition) is 0. The molecule has 4 nitrogen and oxygen atoms in total. The van der Waals surface area contributed by atoms with E-state index in [-0.39, 0.29) is 23.7 Å². The number of hydrogen-bond acceptors (Lipinski definition) is 3. The van der Waals surface area contributed by atoms with Gasteiger partial charge in [0.05, 0.1) is 11.6 Å². The van der Waals surface area contributed by atoms with Crippen LogP contribution in [0.15, 0.2) is 66.7 Å². The van der Waals surface area contributed by atoms with E-state index in [4.69, 9.17) is 4.74 Å². The van der Waals surface area contributed by atoms with Crippen LogP contribution in [-0.2, 0) is 15.0 Å². The average Bonchev–Trinajstić information content (AvgIpc) is 3.15. The zero-order valence-electron chi connectivity index (χ0n) is 17.7. The first-order valence-electron chi connectivity index (χ1n) is 10.5. The lowest BCUT2D eigenvalue weighted by Crippen LogP contribution is -2.27. The molecular weight excluding hydrogens is 374 g/mol. The van der Waals surface area contributed by atoms with Gasteiger partial charge >= 0.3 is 5.97 Å². The van der Waals surface area contributed by atoms with Crippen LogP contribution < -0.4 is 9.64 Å². The molecule has 0 radical (unpaired) electrons. The molecule has 0 spiro atoms. The van der Waals surface area contributed by atoms with Crippen LogP contribution in [0.5, 0.6) is 5.75 Å². The summed E-state index contributed by atoms with van der Waals surface area (Å²) in [4.78, 5) is 27.1. The topological polar surface area (TPSA) is 46.6 Å². The molecule has 1 atom stereocenters. The Hall–Kier alpha value is -3.14. The van der Waals surface area contributed by atoms with Crippen LogP contribution in [0, 0.1) is 5.92 Å². The van der Waals surface area contributed by atoms with Gasteiger partial charge in [0, 0.05) is 18.4 Å². The van der Waals surface area contributed by atoms with E-state index in [2.05, 4.69) is 20.8 Å². The van der Waals surface area contributed by atoms with Crippen LogP contribution in [0.2, 0.25) is 0 Å². The maximum atomic E-state index is 12.7. The third-order valence-corrected chi connectivity index (χ3v) is 6.25. The summed E-state index contributed by atoms with van der Waals surface area (Å²) in [7, 11) is 0.